The number of allylic oxidation sites excluding steroid dienone is 3. The van der Waals surface area contributed by atoms with E-state index in [0.29, 0.717) is 17.8 Å². The first-order valence-corrected chi connectivity index (χ1v) is 11.3. The Morgan fingerprint density at radius 2 is 2.00 bits per heavy atom. The van der Waals surface area contributed by atoms with E-state index in [1.807, 2.05) is 32.2 Å². The molecule has 2 atom stereocenters. The number of nitrogens with zero attached hydrogens (tertiary/aromatic N) is 2. The summed E-state index contributed by atoms with van der Waals surface area (Å²) in [4.78, 5) is 4.49. The van der Waals surface area contributed by atoms with Gasteiger partial charge >= 0.3 is 0 Å². The molecule has 5 N–H and O–H groups in total. The molecule has 0 bridgehead atoms. The summed E-state index contributed by atoms with van der Waals surface area (Å²) in [6, 6.07) is 0.551. The maximum atomic E-state index is 8.59. The Labute approximate surface area is 185 Å². The maximum absolute atomic E-state index is 8.59. The van der Waals surface area contributed by atoms with E-state index in [9.17, 15) is 0 Å². The van der Waals surface area contributed by atoms with Gasteiger partial charge in [-0.3, -0.25) is 5.41 Å². The zero-order chi connectivity index (χ0) is 22.7. The van der Waals surface area contributed by atoms with Gasteiger partial charge < -0.3 is 26.2 Å². The summed E-state index contributed by atoms with van der Waals surface area (Å²) in [6.45, 7) is 11.6. The first-order valence-electron chi connectivity index (χ1n) is 11.3. The fourth-order valence-corrected chi connectivity index (χ4v) is 3.80. The van der Waals surface area contributed by atoms with E-state index in [0.717, 1.165) is 50.3 Å². The minimum absolute atomic E-state index is 0.268. The van der Waals surface area contributed by atoms with Crippen LogP contribution in [-0.4, -0.2) is 62.5 Å². The van der Waals surface area contributed by atoms with Crippen LogP contribution in [0.2, 0.25) is 0 Å². The quantitative estimate of drug-likeness (QED) is 0.235. The van der Waals surface area contributed by atoms with Crippen LogP contribution in [0, 0.1) is 16.7 Å². The van der Waals surface area contributed by atoms with Gasteiger partial charge in [0.1, 0.15) is 11.7 Å². The molecule has 0 radical (unpaired) electrons. The third-order valence-corrected chi connectivity index (χ3v) is 5.80. The molecule has 1 fully saturated rings. The Balaban J connectivity index is 2.76. The third-order valence-electron chi connectivity index (χ3n) is 5.80. The number of likely N-dealkylation sites (tertiary alicyclic amines) is 1. The summed E-state index contributed by atoms with van der Waals surface area (Å²) in [6.07, 6.45) is 12.4. The maximum Gasteiger partial charge on any atom is 0.125 e. The SMILES string of the molecule is CCC1CC(CN)CN1/C(=C/C=C\C/C(=C/NC)C(=N)N(C)CCC(C)(C)C)NC. The lowest BCUT2D eigenvalue weighted by Crippen LogP contribution is -2.34. The van der Waals surface area contributed by atoms with Crippen LogP contribution >= 0.6 is 0 Å². The van der Waals surface area contributed by atoms with Crippen molar-refractivity contribution >= 4 is 5.84 Å². The van der Waals surface area contributed by atoms with Gasteiger partial charge in [-0.05, 0) is 49.6 Å². The van der Waals surface area contributed by atoms with Gasteiger partial charge in [-0.2, -0.15) is 0 Å². The van der Waals surface area contributed by atoms with Crippen LogP contribution in [0.4, 0.5) is 0 Å². The summed E-state index contributed by atoms with van der Waals surface area (Å²) in [5.74, 6) is 2.29. The summed E-state index contributed by atoms with van der Waals surface area (Å²) in [5, 5.41) is 15.0. The molecule has 0 amide bonds. The van der Waals surface area contributed by atoms with E-state index in [2.05, 4.69) is 61.5 Å². The van der Waals surface area contributed by atoms with Crippen molar-refractivity contribution in [1.82, 2.24) is 20.4 Å². The lowest BCUT2D eigenvalue weighted by Gasteiger charge is -2.28. The number of amidine groups is 1. The summed E-state index contributed by atoms with van der Waals surface area (Å²) < 4.78 is 0. The van der Waals surface area contributed by atoms with E-state index in [-0.39, 0.29) is 5.41 Å². The molecule has 0 saturated carbocycles. The number of nitrogens with two attached hydrogens (primary N) is 1. The molecule has 6 heteroatoms. The predicted molar refractivity (Wildman–Crippen MR) is 130 cm³/mol. The van der Waals surface area contributed by atoms with Crippen LogP contribution in [0.1, 0.15) is 53.4 Å². The molecular formula is C24H46N6. The van der Waals surface area contributed by atoms with Crippen molar-refractivity contribution in [2.75, 3.05) is 40.8 Å². The topological polar surface area (TPSA) is 80.4 Å². The van der Waals surface area contributed by atoms with Crippen LogP contribution in [0.5, 0.6) is 0 Å². The van der Waals surface area contributed by atoms with Gasteiger partial charge in [0.05, 0.1) is 0 Å². The van der Waals surface area contributed by atoms with Gasteiger partial charge in [0.25, 0.3) is 0 Å². The molecule has 1 heterocycles. The first-order chi connectivity index (χ1) is 14.2. The Morgan fingerprint density at radius 1 is 1.30 bits per heavy atom. The normalized spacial score (nSPS) is 20.7. The van der Waals surface area contributed by atoms with Gasteiger partial charge in [-0.1, -0.05) is 39.8 Å². The minimum atomic E-state index is 0.268. The highest BCUT2D eigenvalue weighted by Gasteiger charge is 2.30. The van der Waals surface area contributed by atoms with Crippen molar-refractivity contribution in [2.45, 2.75) is 59.4 Å². The van der Waals surface area contributed by atoms with Crippen LogP contribution < -0.4 is 16.4 Å². The molecular weight excluding hydrogens is 372 g/mol. The second kappa shape index (κ2) is 12.7. The van der Waals surface area contributed by atoms with Gasteiger partial charge in [0, 0.05) is 52.0 Å². The summed E-state index contributed by atoms with van der Waals surface area (Å²) >= 11 is 0. The fraction of sp³-hybridized carbons (Fsp3) is 0.708. The van der Waals surface area contributed by atoms with E-state index in [4.69, 9.17) is 11.1 Å². The average molecular weight is 419 g/mol. The molecule has 0 aliphatic carbocycles. The van der Waals surface area contributed by atoms with Crippen LogP contribution in [0.15, 0.2) is 35.8 Å². The second-order valence-electron chi connectivity index (χ2n) is 9.53. The molecule has 1 aliphatic heterocycles. The van der Waals surface area contributed by atoms with Gasteiger partial charge in [-0.25, -0.2) is 0 Å². The zero-order valence-corrected chi connectivity index (χ0v) is 20.4. The molecule has 0 spiro atoms. The molecule has 172 valence electrons. The van der Waals surface area contributed by atoms with E-state index in [1.165, 1.54) is 6.42 Å². The molecule has 1 rings (SSSR count). The molecule has 0 aromatic carbocycles. The Hall–Kier alpha value is -1.95. The summed E-state index contributed by atoms with van der Waals surface area (Å²) in [7, 11) is 5.87. The average Bonchev–Trinajstić information content (AvgIpc) is 3.13. The van der Waals surface area contributed by atoms with Crippen LogP contribution in [0.3, 0.4) is 0 Å². The number of hydrogen-bond donors (Lipinski definition) is 4. The van der Waals surface area contributed by atoms with Crippen LogP contribution in [0.25, 0.3) is 0 Å². The Morgan fingerprint density at radius 3 is 2.53 bits per heavy atom. The number of nitrogens with one attached hydrogen (secondary N) is 3. The molecule has 0 aromatic heterocycles. The monoisotopic (exact) mass is 418 g/mol. The lowest BCUT2D eigenvalue weighted by atomic mass is 9.92. The highest BCUT2D eigenvalue weighted by molar-refractivity contribution is 5.95. The van der Waals surface area contributed by atoms with Crippen molar-refractivity contribution in [3.63, 3.8) is 0 Å². The highest BCUT2D eigenvalue weighted by Crippen LogP contribution is 2.27. The van der Waals surface area contributed by atoms with Crippen molar-refractivity contribution < 1.29 is 0 Å². The lowest BCUT2D eigenvalue weighted by molar-refractivity contribution is 0.294. The van der Waals surface area contributed by atoms with Crippen molar-refractivity contribution in [2.24, 2.45) is 17.1 Å². The van der Waals surface area contributed by atoms with Gasteiger partial charge in [0.2, 0.25) is 0 Å². The molecule has 0 aromatic rings. The van der Waals surface area contributed by atoms with Crippen molar-refractivity contribution in [1.29, 1.82) is 5.41 Å². The van der Waals surface area contributed by atoms with E-state index in [1.54, 1.807) is 0 Å². The van der Waals surface area contributed by atoms with Crippen molar-refractivity contribution in [3.05, 3.63) is 35.8 Å². The highest BCUT2D eigenvalue weighted by atomic mass is 15.3. The predicted octanol–water partition coefficient (Wildman–Crippen LogP) is 3.50. The van der Waals surface area contributed by atoms with Crippen LogP contribution in [-0.2, 0) is 0 Å². The van der Waals surface area contributed by atoms with E-state index >= 15 is 0 Å². The van der Waals surface area contributed by atoms with Gasteiger partial charge in [0.15, 0.2) is 0 Å². The fourth-order valence-electron chi connectivity index (χ4n) is 3.80. The molecule has 1 aliphatic rings. The molecule has 30 heavy (non-hydrogen) atoms. The van der Waals surface area contributed by atoms with E-state index < -0.39 is 0 Å². The Bertz CT molecular complexity index is 614. The number of hydrogen-bond acceptors (Lipinski definition) is 5. The smallest absolute Gasteiger partial charge is 0.125 e. The first kappa shape index (κ1) is 26.1. The standard InChI is InChI=1S/C24H46N6/c1-8-21-15-19(16-25)18-30(21)22(28-6)12-10-9-11-20(17-27-5)23(26)29(7)14-13-24(2,3)4/h9-10,12,17,19,21,26-28H,8,11,13-16,18,25H2,1-7H3/b10-9-,20-17-,22-12+,26-23?. The zero-order valence-electron chi connectivity index (χ0n) is 20.4. The Kier molecular flexibility index (Phi) is 11.0. The second-order valence-corrected chi connectivity index (χ2v) is 9.53. The largest absolute Gasteiger partial charge is 0.394 e. The minimum Gasteiger partial charge on any atom is -0.394 e. The molecule has 1 saturated heterocycles. The molecule has 6 nitrogen and oxygen atoms in total. The number of rotatable bonds is 11. The third kappa shape index (κ3) is 8.42. The molecule has 2 unspecified atom stereocenters. The summed E-state index contributed by atoms with van der Waals surface area (Å²) in [5.41, 5.74) is 7.17. The van der Waals surface area contributed by atoms with Crippen molar-refractivity contribution in [3.8, 4) is 0 Å². The van der Waals surface area contributed by atoms with Gasteiger partial charge in [-0.15, -0.1) is 0 Å². The number of likely N-dealkylation sites (N-methyl/N-ethyl adjacent to an activating group) is 1.